The van der Waals surface area contributed by atoms with Crippen LogP contribution in [0.1, 0.15) is 6.42 Å². The second kappa shape index (κ2) is 5.12. The van der Waals surface area contributed by atoms with Crippen molar-refractivity contribution in [1.82, 2.24) is 0 Å². The molecule has 1 fully saturated rings. The molecule has 2 atom stereocenters. The molecule has 1 aromatic rings. The number of nitrogens with one attached hydrogen (secondary N) is 2. The third-order valence-corrected chi connectivity index (χ3v) is 3.51. The Morgan fingerprint density at radius 3 is 2.15 bits per heavy atom. The summed E-state index contributed by atoms with van der Waals surface area (Å²) >= 11 is 0. The largest absolute Gasteiger partial charge is 0.481 e. The first kappa shape index (κ1) is 14.3. The summed E-state index contributed by atoms with van der Waals surface area (Å²) in [6.45, 7) is 0. The van der Waals surface area contributed by atoms with Crippen LogP contribution in [-0.2, 0) is 19.6 Å². The van der Waals surface area contributed by atoms with Gasteiger partial charge in [-0.2, -0.15) is 0 Å². The van der Waals surface area contributed by atoms with Gasteiger partial charge in [0.05, 0.1) is 18.1 Å². The lowest BCUT2D eigenvalue weighted by molar-refractivity contribution is -0.139. The van der Waals surface area contributed by atoms with Crippen LogP contribution in [-0.4, -0.2) is 31.7 Å². The van der Waals surface area contributed by atoms with E-state index in [2.05, 4.69) is 10.0 Å². The zero-order chi connectivity index (χ0) is 14.9. The number of anilines is 2. The Labute approximate surface area is 116 Å². The molecular formula is C12H14N2O5S. The molecule has 0 radical (unpaired) electrons. The van der Waals surface area contributed by atoms with E-state index in [4.69, 9.17) is 5.11 Å². The molecule has 0 aliphatic heterocycles. The van der Waals surface area contributed by atoms with Crippen LogP contribution < -0.4 is 10.0 Å². The normalized spacial score (nSPS) is 21.1. The van der Waals surface area contributed by atoms with Crippen LogP contribution >= 0.6 is 0 Å². The number of benzene rings is 1. The van der Waals surface area contributed by atoms with Gasteiger partial charge in [-0.15, -0.1) is 0 Å². The molecule has 108 valence electrons. The lowest BCUT2D eigenvalue weighted by Gasteiger charge is -2.07. The van der Waals surface area contributed by atoms with E-state index < -0.39 is 27.8 Å². The van der Waals surface area contributed by atoms with Gasteiger partial charge in [0, 0.05) is 11.4 Å². The van der Waals surface area contributed by atoms with Crippen LogP contribution in [0.4, 0.5) is 11.4 Å². The van der Waals surface area contributed by atoms with Gasteiger partial charge in [0.2, 0.25) is 15.9 Å². The molecule has 0 saturated heterocycles. The number of carbonyl (C=O) groups is 2. The minimum Gasteiger partial charge on any atom is -0.481 e. The molecule has 7 nitrogen and oxygen atoms in total. The monoisotopic (exact) mass is 298 g/mol. The van der Waals surface area contributed by atoms with E-state index in [-0.39, 0.29) is 5.91 Å². The Morgan fingerprint density at radius 2 is 1.70 bits per heavy atom. The fourth-order valence-electron chi connectivity index (χ4n) is 1.83. The average Bonchev–Trinajstić information content (AvgIpc) is 3.09. The Morgan fingerprint density at radius 1 is 1.15 bits per heavy atom. The molecule has 8 heteroatoms. The number of hydrogen-bond acceptors (Lipinski definition) is 4. The highest BCUT2D eigenvalue weighted by atomic mass is 32.2. The maximum Gasteiger partial charge on any atom is 0.307 e. The summed E-state index contributed by atoms with van der Waals surface area (Å²) < 4.78 is 24.3. The number of rotatable bonds is 5. The van der Waals surface area contributed by atoms with E-state index >= 15 is 0 Å². The number of carboxylic acids is 1. The molecule has 20 heavy (non-hydrogen) atoms. The molecule has 1 aromatic carbocycles. The summed E-state index contributed by atoms with van der Waals surface area (Å²) in [5.41, 5.74) is 0.880. The minimum atomic E-state index is -3.34. The molecule has 0 aromatic heterocycles. The number of carbonyl (C=O) groups excluding carboxylic acids is 1. The average molecular weight is 298 g/mol. The Bertz CT molecular complexity index is 638. The third-order valence-electron chi connectivity index (χ3n) is 2.90. The van der Waals surface area contributed by atoms with Crippen molar-refractivity contribution in [3.8, 4) is 0 Å². The number of sulfonamides is 1. The number of hydrogen-bond donors (Lipinski definition) is 3. The summed E-state index contributed by atoms with van der Waals surface area (Å²) in [5, 5.41) is 11.3. The second-order valence-corrected chi connectivity index (χ2v) is 6.48. The summed E-state index contributed by atoms with van der Waals surface area (Å²) in [4.78, 5) is 22.4. The number of aliphatic carboxylic acids is 1. The summed E-state index contributed by atoms with van der Waals surface area (Å²) in [5.74, 6) is -2.37. The van der Waals surface area contributed by atoms with Crippen molar-refractivity contribution in [3.63, 3.8) is 0 Å². The van der Waals surface area contributed by atoms with E-state index in [0.717, 1.165) is 6.26 Å². The van der Waals surface area contributed by atoms with Crippen LogP contribution in [0.5, 0.6) is 0 Å². The first-order valence-corrected chi connectivity index (χ1v) is 7.77. The van der Waals surface area contributed by atoms with Crippen LogP contribution in [0, 0.1) is 11.8 Å². The Kier molecular flexibility index (Phi) is 3.67. The molecule has 0 unspecified atom stereocenters. The molecule has 1 aliphatic rings. The fraction of sp³-hybridized carbons (Fsp3) is 0.333. The molecule has 0 heterocycles. The topological polar surface area (TPSA) is 113 Å². The van der Waals surface area contributed by atoms with Gasteiger partial charge < -0.3 is 10.4 Å². The highest BCUT2D eigenvalue weighted by Gasteiger charge is 2.48. The van der Waals surface area contributed by atoms with Gasteiger partial charge in [-0.25, -0.2) is 8.42 Å². The van der Waals surface area contributed by atoms with Gasteiger partial charge in [-0.1, -0.05) is 0 Å². The van der Waals surface area contributed by atoms with Gasteiger partial charge in [-0.05, 0) is 30.7 Å². The van der Waals surface area contributed by atoms with Crippen LogP contribution in [0.3, 0.4) is 0 Å². The maximum atomic E-state index is 11.7. The standard InChI is InChI=1S/C12H14N2O5S/c1-20(18,19)14-8-4-2-7(3-5-8)13-11(15)9-6-10(9)12(16)17/h2-5,9-10,14H,6H2,1H3,(H,13,15)(H,16,17)/t9-,10+/m1/s1. The van der Waals surface area contributed by atoms with Crippen molar-refractivity contribution < 1.29 is 23.1 Å². The van der Waals surface area contributed by atoms with E-state index in [1.165, 1.54) is 12.1 Å². The Balaban J connectivity index is 1.94. The van der Waals surface area contributed by atoms with Crippen molar-refractivity contribution in [3.05, 3.63) is 24.3 Å². The summed E-state index contributed by atoms with van der Waals surface area (Å²) in [6, 6.07) is 6.11. The second-order valence-electron chi connectivity index (χ2n) is 4.73. The van der Waals surface area contributed by atoms with Crippen LogP contribution in [0.2, 0.25) is 0 Å². The number of amides is 1. The molecule has 0 spiro atoms. The van der Waals surface area contributed by atoms with Crippen LogP contribution in [0.25, 0.3) is 0 Å². The smallest absolute Gasteiger partial charge is 0.307 e. The first-order chi connectivity index (χ1) is 9.26. The van der Waals surface area contributed by atoms with Crippen molar-refractivity contribution >= 4 is 33.3 Å². The Hall–Kier alpha value is -2.09. The van der Waals surface area contributed by atoms with Crippen molar-refractivity contribution in [2.45, 2.75) is 6.42 Å². The van der Waals surface area contributed by atoms with E-state index in [0.29, 0.717) is 17.8 Å². The highest BCUT2D eigenvalue weighted by molar-refractivity contribution is 7.92. The van der Waals surface area contributed by atoms with Crippen molar-refractivity contribution in [1.29, 1.82) is 0 Å². The SMILES string of the molecule is CS(=O)(=O)Nc1ccc(NC(=O)[C@@H]2C[C@@H]2C(=O)O)cc1. The molecule has 2 rings (SSSR count). The van der Waals surface area contributed by atoms with E-state index in [1.54, 1.807) is 12.1 Å². The van der Waals surface area contributed by atoms with Gasteiger partial charge in [0.25, 0.3) is 0 Å². The van der Waals surface area contributed by atoms with Gasteiger partial charge >= 0.3 is 5.97 Å². The molecule has 1 saturated carbocycles. The predicted octanol–water partition coefficient (Wildman–Crippen LogP) is 0.717. The summed E-state index contributed by atoms with van der Waals surface area (Å²) in [7, 11) is -3.34. The maximum absolute atomic E-state index is 11.7. The highest BCUT2D eigenvalue weighted by Crippen LogP contribution is 2.39. The predicted molar refractivity (Wildman–Crippen MR) is 72.8 cm³/mol. The lowest BCUT2D eigenvalue weighted by atomic mass is 10.2. The fourth-order valence-corrected chi connectivity index (χ4v) is 2.39. The van der Waals surface area contributed by atoms with Gasteiger partial charge in [-0.3, -0.25) is 14.3 Å². The molecule has 1 amide bonds. The van der Waals surface area contributed by atoms with E-state index in [9.17, 15) is 18.0 Å². The first-order valence-electron chi connectivity index (χ1n) is 5.88. The third kappa shape index (κ3) is 3.70. The van der Waals surface area contributed by atoms with Gasteiger partial charge in [0.15, 0.2) is 0 Å². The number of carboxylic acid groups (broad SMARTS) is 1. The van der Waals surface area contributed by atoms with Crippen LogP contribution in [0.15, 0.2) is 24.3 Å². The molecular weight excluding hydrogens is 284 g/mol. The minimum absolute atomic E-state index is 0.332. The van der Waals surface area contributed by atoms with Gasteiger partial charge in [0.1, 0.15) is 0 Å². The quantitative estimate of drug-likeness (QED) is 0.741. The zero-order valence-electron chi connectivity index (χ0n) is 10.7. The molecule has 1 aliphatic carbocycles. The molecule has 3 N–H and O–H groups in total. The molecule has 0 bridgehead atoms. The van der Waals surface area contributed by atoms with E-state index in [1.807, 2.05) is 0 Å². The zero-order valence-corrected chi connectivity index (χ0v) is 11.5. The van der Waals surface area contributed by atoms with Crippen molar-refractivity contribution in [2.75, 3.05) is 16.3 Å². The lowest BCUT2D eigenvalue weighted by Crippen LogP contribution is -2.16. The van der Waals surface area contributed by atoms with Crippen molar-refractivity contribution in [2.24, 2.45) is 11.8 Å². The summed E-state index contributed by atoms with van der Waals surface area (Å²) in [6.07, 6.45) is 1.40.